The van der Waals surface area contributed by atoms with Crippen LogP contribution < -0.4 is 14.4 Å². The monoisotopic (exact) mass is 514 g/mol. The zero-order chi connectivity index (χ0) is 25.5. The van der Waals surface area contributed by atoms with Gasteiger partial charge in [-0.25, -0.2) is 13.1 Å². The lowest BCUT2D eigenvalue weighted by Crippen LogP contribution is -2.35. The molecule has 0 atom stereocenters. The van der Waals surface area contributed by atoms with E-state index in [9.17, 15) is 8.42 Å². The van der Waals surface area contributed by atoms with Crippen molar-refractivity contribution in [3.63, 3.8) is 0 Å². The molecule has 1 aliphatic heterocycles. The summed E-state index contributed by atoms with van der Waals surface area (Å²) in [6, 6.07) is 15.3. The average molecular weight is 515 g/mol. The number of nitrogens with zero attached hydrogens (tertiary/aromatic N) is 3. The van der Waals surface area contributed by atoms with E-state index in [1.54, 1.807) is 12.1 Å². The first-order chi connectivity index (χ1) is 17.4. The summed E-state index contributed by atoms with van der Waals surface area (Å²) in [4.78, 5) is 6.87. The minimum atomic E-state index is -3.54. The van der Waals surface area contributed by atoms with Crippen LogP contribution in [0.5, 0.6) is 5.75 Å². The lowest BCUT2D eigenvalue weighted by molar-refractivity contribution is 0.204. The van der Waals surface area contributed by atoms with E-state index in [1.807, 2.05) is 36.4 Å². The Balaban J connectivity index is 1.26. The number of benzene rings is 2. The lowest BCUT2D eigenvalue weighted by Gasteiger charge is -2.30. The van der Waals surface area contributed by atoms with Crippen molar-refractivity contribution in [1.29, 1.82) is 0 Å². The number of sulfonamides is 1. The van der Waals surface area contributed by atoms with Gasteiger partial charge in [-0.1, -0.05) is 43.3 Å². The SMILES string of the molecule is COCCNS(=O)(=O)c1ccc(-c2ccc(OCC3CCN(c4nc(C(C)C)no4)CC3)cc2)cc1. The van der Waals surface area contributed by atoms with E-state index in [-0.39, 0.29) is 17.4 Å². The number of methoxy groups -OCH3 is 1. The molecule has 0 saturated carbocycles. The van der Waals surface area contributed by atoms with E-state index in [0.29, 0.717) is 25.1 Å². The highest BCUT2D eigenvalue weighted by molar-refractivity contribution is 7.89. The quantitative estimate of drug-likeness (QED) is 0.382. The Labute approximate surface area is 212 Å². The van der Waals surface area contributed by atoms with E-state index in [1.165, 1.54) is 7.11 Å². The van der Waals surface area contributed by atoms with E-state index >= 15 is 0 Å². The van der Waals surface area contributed by atoms with Gasteiger partial charge in [0.15, 0.2) is 5.82 Å². The summed E-state index contributed by atoms with van der Waals surface area (Å²) in [5, 5.41) is 4.06. The first kappa shape index (κ1) is 26.1. The summed E-state index contributed by atoms with van der Waals surface area (Å²) in [7, 11) is -2.01. The number of rotatable bonds is 11. The van der Waals surface area contributed by atoms with Crippen LogP contribution in [-0.4, -0.2) is 58.5 Å². The van der Waals surface area contributed by atoms with Gasteiger partial charge in [-0.2, -0.15) is 4.98 Å². The Morgan fingerprint density at radius 2 is 1.69 bits per heavy atom. The summed E-state index contributed by atoms with van der Waals surface area (Å²) in [5.74, 6) is 2.29. The Bertz CT molecular complexity index is 1200. The van der Waals surface area contributed by atoms with E-state index < -0.39 is 10.0 Å². The van der Waals surface area contributed by atoms with Crippen LogP contribution >= 0.6 is 0 Å². The normalized spacial score (nSPS) is 14.9. The zero-order valence-corrected chi connectivity index (χ0v) is 21.8. The summed E-state index contributed by atoms with van der Waals surface area (Å²) < 4.78 is 43.5. The van der Waals surface area contributed by atoms with E-state index in [0.717, 1.165) is 48.6 Å². The van der Waals surface area contributed by atoms with Gasteiger partial charge in [0.05, 0.1) is 18.1 Å². The second kappa shape index (κ2) is 11.9. The van der Waals surface area contributed by atoms with Crippen LogP contribution in [0.25, 0.3) is 11.1 Å². The summed E-state index contributed by atoms with van der Waals surface area (Å²) >= 11 is 0. The summed E-state index contributed by atoms with van der Waals surface area (Å²) in [6.07, 6.45) is 2.01. The third-order valence-electron chi connectivity index (χ3n) is 6.27. The molecule has 194 valence electrons. The summed E-state index contributed by atoms with van der Waals surface area (Å²) in [6.45, 7) is 7.08. The molecular weight excluding hydrogens is 480 g/mol. The molecule has 2 heterocycles. The molecule has 10 heteroatoms. The predicted octanol–water partition coefficient (Wildman–Crippen LogP) is 4.08. The number of hydrogen-bond donors (Lipinski definition) is 1. The maximum Gasteiger partial charge on any atom is 0.324 e. The van der Waals surface area contributed by atoms with E-state index in [2.05, 4.69) is 33.6 Å². The lowest BCUT2D eigenvalue weighted by atomic mass is 9.98. The molecular formula is C26H34N4O5S. The van der Waals surface area contributed by atoms with Crippen molar-refractivity contribution in [1.82, 2.24) is 14.9 Å². The van der Waals surface area contributed by atoms with Crippen molar-refractivity contribution in [2.45, 2.75) is 37.5 Å². The molecule has 9 nitrogen and oxygen atoms in total. The molecule has 1 aromatic heterocycles. The van der Waals surface area contributed by atoms with Crippen LogP contribution in [0.2, 0.25) is 0 Å². The predicted molar refractivity (Wildman–Crippen MR) is 138 cm³/mol. The fraction of sp³-hybridized carbons (Fsp3) is 0.462. The zero-order valence-electron chi connectivity index (χ0n) is 21.0. The Hall–Kier alpha value is -2.95. The van der Waals surface area contributed by atoms with E-state index in [4.69, 9.17) is 14.0 Å². The molecule has 1 fully saturated rings. The number of nitrogens with one attached hydrogen (secondary N) is 1. The molecule has 2 aromatic carbocycles. The van der Waals surface area contributed by atoms with Crippen molar-refractivity contribution in [3.05, 3.63) is 54.4 Å². The molecule has 4 rings (SSSR count). The number of ether oxygens (including phenoxy) is 2. The molecule has 0 unspecified atom stereocenters. The van der Waals surface area contributed by atoms with Crippen LogP contribution in [0.1, 0.15) is 38.4 Å². The molecule has 0 amide bonds. The Morgan fingerprint density at radius 3 is 2.28 bits per heavy atom. The van der Waals surface area contributed by atoms with Crippen LogP contribution in [0.15, 0.2) is 57.9 Å². The molecule has 1 saturated heterocycles. The van der Waals surface area contributed by atoms with Gasteiger partial charge in [0, 0.05) is 32.7 Å². The largest absolute Gasteiger partial charge is 0.493 e. The van der Waals surface area contributed by atoms with Gasteiger partial charge in [-0.3, -0.25) is 0 Å². The molecule has 36 heavy (non-hydrogen) atoms. The number of piperidine rings is 1. The van der Waals surface area contributed by atoms with Crippen molar-refractivity contribution >= 4 is 16.0 Å². The van der Waals surface area contributed by atoms with Gasteiger partial charge >= 0.3 is 6.01 Å². The highest BCUT2D eigenvalue weighted by atomic mass is 32.2. The van der Waals surface area contributed by atoms with Gasteiger partial charge in [0.2, 0.25) is 10.0 Å². The van der Waals surface area contributed by atoms with Crippen LogP contribution in [-0.2, 0) is 14.8 Å². The maximum atomic E-state index is 12.3. The maximum absolute atomic E-state index is 12.3. The van der Waals surface area contributed by atoms with Crippen LogP contribution in [0, 0.1) is 5.92 Å². The topological polar surface area (TPSA) is 107 Å². The first-order valence-electron chi connectivity index (χ1n) is 12.3. The first-order valence-corrected chi connectivity index (χ1v) is 13.7. The van der Waals surface area contributed by atoms with Gasteiger partial charge in [0.1, 0.15) is 5.75 Å². The molecule has 0 aliphatic carbocycles. The third kappa shape index (κ3) is 6.63. The Kier molecular flexibility index (Phi) is 8.60. The second-order valence-electron chi connectivity index (χ2n) is 9.27. The molecule has 0 radical (unpaired) electrons. The molecule has 1 aliphatic rings. The van der Waals surface area contributed by atoms with Gasteiger partial charge in [-0.05, 0) is 54.2 Å². The fourth-order valence-electron chi connectivity index (χ4n) is 4.03. The van der Waals surface area contributed by atoms with Crippen LogP contribution in [0.3, 0.4) is 0 Å². The van der Waals surface area contributed by atoms with Crippen molar-refractivity contribution in [3.8, 4) is 16.9 Å². The average Bonchev–Trinajstić information content (AvgIpc) is 3.39. The number of aromatic nitrogens is 2. The van der Waals surface area contributed by atoms with Crippen molar-refractivity contribution in [2.75, 3.05) is 44.9 Å². The highest BCUT2D eigenvalue weighted by Gasteiger charge is 2.24. The van der Waals surface area contributed by atoms with Crippen molar-refractivity contribution in [2.24, 2.45) is 5.92 Å². The molecule has 0 bridgehead atoms. The smallest absolute Gasteiger partial charge is 0.324 e. The van der Waals surface area contributed by atoms with Crippen LogP contribution in [0.4, 0.5) is 6.01 Å². The third-order valence-corrected chi connectivity index (χ3v) is 7.75. The second-order valence-corrected chi connectivity index (χ2v) is 11.0. The van der Waals surface area contributed by atoms with Gasteiger partial charge in [-0.15, -0.1) is 0 Å². The van der Waals surface area contributed by atoms with Crippen molar-refractivity contribution < 1.29 is 22.4 Å². The fourth-order valence-corrected chi connectivity index (χ4v) is 5.04. The highest BCUT2D eigenvalue weighted by Crippen LogP contribution is 2.26. The minimum absolute atomic E-state index is 0.229. The van der Waals surface area contributed by atoms with Gasteiger partial charge < -0.3 is 18.9 Å². The Morgan fingerprint density at radius 1 is 1.06 bits per heavy atom. The molecule has 1 N–H and O–H groups in total. The standard InChI is InChI=1S/C26H34N4O5S/c1-19(2)25-28-26(35-29-25)30-15-12-20(13-16-30)18-34-23-8-4-21(5-9-23)22-6-10-24(11-7-22)36(31,32)27-14-17-33-3/h4-11,19-20,27H,12-18H2,1-3H3. The van der Waals surface area contributed by atoms with Gasteiger partial charge in [0.25, 0.3) is 0 Å². The molecule has 0 spiro atoms. The number of hydrogen-bond acceptors (Lipinski definition) is 8. The molecule has 3 aromatic rings. The number of anilines is 1. The summed E-state index contributed by atoms with van der Waals surface area (Å²) in [5.41, 5.74) is 1.93. The minimum Gasteiger partial charge on any atom is -0.493 e.